The van der Waals surface area contributed by atoms with E-state index in [0.717, 1.165) is 49.8 Å². The van der Waals surface area contributed by atoms with Crippen molar-refractivity contribution in [2.45, 2.75) is 12.6 Å². The molecule has 5 nitrogen and oxygen atoms in total. The van der Waals surface area contributed by atoms with Crippen LogP contribution >= 0.6 is 0 Å². The minimum Gasteiger partial charge on any atom is -0.460 e. The van der Waals surface area contributed by atoms with E-state index in [1.165, 1.54) is 13.1 Å². The van der Waals surface area contributed by atoms with Gasteiger partial charge in [-0.2, -0.15) is 5.26 Å². The van der Waals surface area contributed by atoms with Gasteiger partial charge in [-0.3, -0.25) is 9.80 Å². The molecule has 2 aliphatic heterocycles. The molecule has 2 saturated heterocycles. The van der Waals surface area contributed by atoms with Gasteiger partial charge in [-0.05, 0) is 31.3 Å². The summed E-state index contributed by atoms with van der Waals surface area (Å²) in [5, 5.41) is 9.27. The summed E-state index contributed by atoms with van der Waals surface area (Å²) in [5.41, 5.74) is 1.53. The summed E-state index contributed by atoms with van der Waals surface area (Å²) in [6.45, 7) is 7.67. The van der Waals surface area contributed by atoms with E-state index in [0.29, 0.717) is 11.6 Å². The molecule has 25 heavy (non-hydrogen) atoms. The van der Waals surface area contributed by atoms with Gasteiger partial charge in [0.05, 0.1) is 18.2 Å². The van der Waals surface area contributed by atoms with E-state index in [9.17, 15) is 5.26 Å². The second-order valence-corrected chi connectivity index (χ2v) is 7.11. The summed E-state index contributed by atoms with van der Waals surface area (Å²) >= 11 is 0. The lowest BCUT2D eigenvalue weighted by atomic mass is 10.1. The van der Waals surface area contributed by atoms with Crippen LogP contribution in [0.25, 0.3) is 11.3 Å². The molecule has 5 heteroatoms. The van der Waals surface area contributed by atoms with Crippen LogP contribution in [-0.4, -0.2) is 67.1 Å². The monoisotopic (exact) mass is 336 g/mol. The Bertz CT molecular complexity index is 778. The van der Waals surface area contributed by atoms with Gasteiger partial charge >= 0.3 is 0 Å². The Hall–Kier alpha value is -2.13. The number of piperazine rings is 2. The average Bonchev–Trinajstić information content (AvgIpc) is 3.09. The molecule has 2 aromatic rings. The number of likely N-dealkylation sites (N-methyl/N-ethyl adjacent to an activating group) is 1. The number of furan rings is 1. The molecule has 0 amide bonds. The Morgan fingerprint density at radius 2 is 1.92 bits per heavy atom. The number of benzene rings is 1. The fourth-order valence-corrected chi connectivity index (χ4v) is 3.94. The van der Waals surface area contributed by atoms with Crippen molar-refractivity contribution in [1.29, 1.82) is 5.26 Å². The van der Waals surface area contributed by atoms with Crippen LogP contribution < -0.4 is 0 Å². The van der Waals surface area contributed by atoms with Crippen LogP contribution in [-0.2, 0) is 6.54 Å². The molecule has 2 aliphatic rings. The minimum absolute atomic E-state index is 0.626. The molecule has 0 radical (unpaired) electrons. The lowest BCUT2D eigenvalue weighted by Crippen LogP contribution is -2.60. The third-order valence-corrected chi connectivity index (χ3v) is 5.33. The normalized spacial score (nSPS) is 22.5. The molecule has 1 aromatic carbocycles. The number of nitrogens with zero attached hydrogens (tertiary/aromatic N) is 4. The van der Waals surface area contributed by atoms with Crippen molar-refractivity contribution >= 4 is 0 Å². The number of nitriles is 1. The zero-order chi connectivity index (χ0) is 17.2. The highest BCUT2D eigenvalue weighted by atomic mass is 16.3. The van der Waals surface area contributed by atoms with Gasteiger partial charge in [0.1, 0.15) is 11.5 Å². The zero-order valence-electron chi connectivity index (χ0n) is 14.7. The van der Waals surface area contributed by atoms with Crippen molar-refractivity contribution < 1.29 is 4.42 Å². The molecule has 3 heterocycles. The van der Waals surface area contributed by atoms with Gasteiger partial charge in [0.25, 0.3) is 0 Å². The number of hydrogen-bond donors (Lipinski definition) is 0. The van der Waals surface area contributed by atoms with Gasteiger partial charge in [-0.25, -0.2) is 0 Å². The van der Waals surface area contributed by atoms with E-state index in [2.05, 4.69) is 27.8 Å². The largest absolute Gasteiger partial charge is 0.460 e. The van der Waals surface area contributed by atoms with E-state index in [1.807, 2.05) is 36.4 Å². The quantitative estimate of drug-likeness (QED) is 0.860. The van der Waals surface area contributed by atoms with E-state index >= 15 is 0 Å². The van der Waals surface area contributed by atoms with Crippen molar-refractivity contribution in [3.05, 3.63) is 47.7 Å². The molecule has 1 atom stereocenters. The first-order valence-corrected chi connectivity index (χ1v) is 8.96. The summed E-state index contributed by atoms with van der Waals surface area (Å²) in [6.07, 6.45) is 0. The van der Waals surface area contributed by atoms with Crippen molar-refractivity contribution in [3.63, 3.8) is 0 Å². The second-order valence-electron chi connectivity index (χ2n) is 7.11. The molecular formula is C20H24N4O. The van der Waals surface area contributed by atoms with Crippen LogP contribution in [0.1, 0.15) is 11.3 Å². The second kappa shape index (κ2) is 7.01. The van der Waals surface area contributed by atoms with Crippen LogP contribution in [0.2, 0.25) is 0 Å². The Kier molecular flexibility index (Phi) is 4.58. The highest BCUT2D eigenvalue weighted by Gasteiger charge is 2.31. The lowest BCUT2D eigenvalue weighted by Gasteiger charge is -2.46. The Morgan fingerprint density at radius 1 is 1.08 bits per heavy atom. The maximum absolute atomic E-state index is 9.27. The van der Waals surface area contributed by atoms with E-state index in [-0.39, 0.29) is 0 Å². The van der Waals surface area contributed by atoms with E-state index in [1.54, 1.807) is 0 Å². The van der Waals surface area contributed by atoms with Gasteiger partial charge in [-0.15, -0.1) is 0 Å². The standard InChI is InChI=1S/C20H24N4O/c1-22-8-10-24-11-9-23(14-17(24)13-22)15-18-6-7-20(25-18)19-5-3-2-4-16(19)12-21/h2-7,17H,8-11,13-15H2,1H3. The highest BCUT2D eigenvalue weighted by molar-refractivity contribution is 5.66. The first kappa shape index (κ1) is 16.3. The molecule has 0 N–H and O–H groups in total. The number of hydrogen-bond acceptors (Lipinski definition) is 5. The molecule has 0 saturated carbocycles. The highest BCUT2D eigenvalue weighted by Crippen LogP contribution is 2.26. The maximum atomic E-state index is 9.27. The Labute approximate surface area is 149 Å². The minimum atomic E-state index is 0.626. The van der Waals surface area contributed by atoms with Crippen molar-refractivity contribution in [2.75, 3.05) is 46.3 Å². The molecule has 0 bridgehead atoms. The number of rotatable bonds is 3. The molecule has 0 spiro atoms. The lowest BCUT2D eigenvalue weighted by molar-refractivity contribution is 0.0155. The van der Waals surface area contributed by atoms with Gasteiger partial charge in [-0.1, -0.05) is 12.1 Å². The summed E-state index contributed by atoms with van der Waals surface area (Å²) < 4.78 is 6.06. The maximum Gasteiger partial charge on any atom is 0.135 e. The van der Waals surface area contributed by atoms with Gasteiger partial charge in [0.15, 0.2) is 0 Å². The first-order chi connectivity index (χ1) is 12.2. The van der Waals surface area contributed by atoms with Gasteiger partial charge in [0, 0.05) is 50.9 Å². The smallest absolute Gasteiger partial charge is 0.135 e. The van der Waals surface area contributed by atoms with Crippen molar-refractivity contribution in [1.82, 2.24) is 14.7 Å². The third kappa shape index (κ3) is 3.47. The van der Waals surface area contributed by atoms with Gasteiger partial charge < -0.3 is 9.32 Å². The van der Waals surface area contributed by atoms with Crippen molar-refractivity contribution in [2.24, 2.45) is 0 Å². The fourth-order valence-electron chi connectivity index (χ4n) is 3.94. The number of fused-ring (bicyclic) bond motifs is 1. The Balaban J connectivity index is 1.44. The predicted molar refractivity (Wildman–Crippen MR) is 97.0 cm³/mol. The zero-order valence-corrected chi connectivity index (χ0v) is 14.7. The van der Waals surface area contributed by atoms with Crippen LogP contribution in [0.3, 0.4) is 0 Å². The van der Waals surface area contributed by atoms with E-state index in [4.69, 9.17) is 4.42 Å². The molecule has 0 aliphatic carbocycles. The topological polar surface area (TPSA) is 46.6 Å². The average molecular weight is 336 g/mol. The fraction of sp³-hybridized carbons (Fsp3) is 0.450. The molecule has 130 valence electrons. The summed E-state index contributed by atoms with van der Waals surface area (Å²) in [7, 11) is 2.21. The van der Waals surface area contributed by atoms with Crippen LogP contribution in [0.5, 0.6) is 0 Å². The summed E-state index contributed by atoms with van der Waals surface area (Å²) in [6, 6.07) is 14.5. The van der Waals surface area contributed by atoms with Crippen LogP contribution in [0.15, 0.2) is 40.8 Å². The predicted octanol–water partition coefficient (Wildman–Crippen LogP) is 2.25. The molecule has 1 unspecified atom stereocenters. The molecular weight excluding hydrogens is 312 g/mol. The van der Waals surface area contributed by atoms with Crippen LogP contribution in [0.4, 0.5) is 0 Å². The van der Waals surface area contributed by atoms with Gasteiger partial charge in [0.2, 0.25) is 0 Å². The SMILES string of the molecule is CN1CCN2CCN(Cc3ccc(-c4ccccc4C#N)o3)CC2C1. The Morgan fingerprint density at radius 3 is 2.80 bits per heavy atom. The molecule has 1 aromatic heterocycles. The summed E-state index contributed by atoms with van der Waals surface area (Å²) in [4.78, 5) is 7.53. The van der Waals surface area contributed by atoms with E-state index < -0.39 is 0 Å². The first-order valence-electron chi connectivity index (χ1n) is 8.96. The summed E-state index contributed by atoms with van der Waals surface area (Å²) in [5.74, 6) is 1.75. The van der Waals surface area contributed by atoms with Crippen LogP contribution in [0, 0.1) is 11.3 Å². The third-order valence-electron chi connectivity index (χ3n) is 5.33. The molecule has 4 rings (SSSR count). The van der Waals surface area contributed by atoms with Crippen molar-refractivity contribution in [3.8, 4) is 17.4 Å². The molecule has 2 fully saturated rings.